The van der Waals surface area contributed by atoms with E-state index in [1.165, 1.54) is 29.5 Å². The Morgan fingerprint density at radius 2 is 1.74 bits per heavy atom. The van der Waals surface area contributed by atoms with Crippen molar-refractivity contribution in [2.75, 3.05) is 0 Å². The van der Waals surface area contributed by atoms with Gasteiger partial charge in [-0.25, -0.2) is 4.98 Å². The van der Waals surface area contributed by atoms with Gasteiger partial charge in [-0.05, 0) is 42.3 Å². The number of nitrogens with zero attached hydrogens (tertiary/aromatic N) is 3. The third-order valence-electron chi connectivity index (χ3n) is 5.90. The molecule has 1 saturated heterocycles. The molecular weight excluding hydrogens is 482 g/mol. The minimum atomic E-state index is -0.0184. The van der Waals surface area contributed by atoms with Crippen molar-refractivity contribution in [3.63, 3.8) is 0 Å². The Kier molecular flexibility index (Phi) is 7.28. The summed E-state index contributed by atoms with van der Waals surface area (Å²) < 4.78 is 0. The molecule has 2 heterocycles. The van der Waals surface area contributed by atoms with E-state index in [2.05, 4.69) is 0 Å². The largest absolute Gasteiger partial charge is 0.283 e. The summed E-state index contributed by atoms with van der Waals surface area (Å²) in [6, 6.07) is 20.1. The molecule has 0 N–H and O–H groups in total. The van der Waals surface area contributed by atoms with Crippen molar-refractivity contribution < 1.29 is 4.79 Å². The van der Waals surface area contributed by atoms with Crippen LogP contribution in [-0.4, -0.2) is 27.0 Å². The molecule has 4 nitrogen and oxygen atoms in total. The summed E-state index contributed by atoms with van der Waals surface area (Å²) >= 11 is 9.40. The van der Waals surface area contributed by atoms with E-state index in [-0.39, 0.29) is 11.9 Å². The maximum atomic E-state index is 13.5. The Labute approximate surface area is 213 Å². The second-order valence-corrected chi connectivity index (χ2v) is 10.6. The number of amidine groups is 1. The smallest absolute Gasteiger partial charge is 0.267 e. The molecule has 1 aliphatic carbocycles. The molecule has 1 amide bonds. The summed E-state index contributed by atoms with van der Waals surface area (Å²) in [6.07, 6.45) is 9.12. The van der Waals surface area contributed by atoms with Gasteiger partial charge in [0.25, 0.3) is 5.91 Å². The van der Waals surface area contributed by atoms with E-state index in [0.29, 0.717) is 20.2 Å². The predicted octanol–water partition coefficient (Wildman–Crippen LogP) is 7.87. The van der Waals surface area contributed by atoms with Gasteiger partial charge in [0, 0.05) is 22.0 Å². The van der Waals surface area contributed by atoms with Crippen LogP contribution in [-0.2, 0) is 4.79 Å². The minimum absolute atomic E-state index is 0.0184. The molecule has 1 aromatic heterocycles. The number of aliphatic imine (C=N–C) groups is 1. The number of rotatable bonds is 5. The van der Waals surface area contributed by atoms with Gasteiger partial charge in [-0.3, -0.25) is 9.69 Å². The average Bonchev–Trinajstić information content (AvgIpc) is 3.45. The Morgan fingerprint density at radius 1 is 1.03 bits per heavy atom. The highest BCUT2D eigenvalue weighted by atomic mass is 35.5. The van der Waals surface area contributed by atoms with Gasteiger partial charge in [0.05, 0.1) is 10.6 Å². The van der Waals surface area contributed by atoms with Gasteiger partial charge in [0.2, 0.25) is 5.13 Å². The van der Waals surface area contributed by atoms with Crippen LogP contribution >= 0.6 is 34.7 Å². The molecule has 5 rings (SSSR count). The molecule has 7 heteroatoms. The minimum Gasteiger partial charge on any atom is -0.283 e. The first-order valence-electron chi connectivity index (χ1n) is 11.4. The number of aromatic nitrogens is 1. The van der Waals surface area contributed by atoms with Crippen molar-refractivity contribution in [2.45, 2.75) is 38.1 Å². The third-order valence-corrected chi connectivity index (χ3v) is 7.84. The van der Waals surface area contributed by atoms with Crippen molar-refractivity contribution >= 4 is 57.0 Å². The van der Waals surface area contributed by atoms with E-state index < -0.39 is 0 Å². The number of hydrogen-bond donors (Lipinski definition) is 0. The van der Waals surface area contributed by atoms with Gasteiger partial charge in [0.15, 0.2) is 5.17 Å². The average molecular weight is 506 g/mol. The highest BCUT2D eigenvalue weighted by Gasteiger charge is 2.39. The number of carbonyl (C=O) groups is 1. The highest BCUT2D eigenvalue weighted by Crippen LogP contribution is 2.39. The number of benzene rings is 2. The number of carbonyl (C=O) groups excluding carboxylic acids is 1. The summed E-state index contributed by atoms with van der Waals surface area (Å²) in [5.74, 6) is -0.0184. The molecule has 34 heavy (non-hydrogen) atoms. The molecule has 0 spiro atoms. The van der Waals surface area contributed by atoms with Gasteiger partial charge < -0.3 is 0 Å². The summed E-state index contributed by atoms with van der Waals surface area (Å²) in [6.45, 7) is 0. The number of halogens is 1. The number of hydrogen-bond acceptors (Lipinski definition) is 5. The SMILES string of the molecule is O=C1/C(=C/C(Cl)=C/c2ccccc2)S/C(=N/c2nc(-c3ccccc3)cs2)N1C1CCCCC1. The van der Waals surface area contributed by atoms with Gasteiger partial charge >= 0.3 is 0 Å². The first kappa shape index (κ1) is 23.1. The van der Waals surface area contributed by atoms with E-state index in [0.717, 1.165) is 42.5 Å². The Hall–Kier alpha value is -2.67. The van der Waals surface area contributed by atoms with Crippen LogP contribution in [0.15, 0.2) is 87.0 Å². The summed E-state index contributed by atoms with van der Waals surface area (Å²) in [5, 5.41) is 3.88. The van der Waals surface area contributed by atoms with E-state index in [9.17, 15) is 4.79 Å². The lowest BCUT2D eigenvalue weighted by molar-refractivity contribution is -0.124. The molecule has 2 fully saturated rings. The van der Waals surface area contributed by atoms with Crippen LogP contribution in [0.3, 0.4) is 0 Å². The van der Waals surface area contributed by atoms with Crippen molar-refractivity contribution in [2.24, 2.45) is 4.99 Å². The Balaban J connectivity index is 1.45. The fraction of sp³-hybridized carbons (Fsp3) is 0.222. The van der Waals surface area contributed by atoms with Gasteiger partial charge in [-0.1, -0.05) is 91.5 Å². The quantitative estimate of drug-likeness (QED) is 0.331. The van der Waals surface area contributed by atoms with Crippen LogP contribution in [0.25, 0.3) is 17.3 Å². The Morgan fingerprint density at radius 3 is 2.47 bits per heavy atom. The van der Waals surface area contributed by atoms with Crippen LogP contribution in [0.4, 0.5) is 5.13 Å². The number of allylic oxidation sites excluding steroid dienone is 2. The van der Waals surface area contributed by atoms with E-state index in [1.807, 2.05) is 77.0 Å². The van der Waals surface area contributed by atoms with Gasteiger partial charge in [-0.15, -0.1) is 11.3 Å². The molecule has 172 valence electrons. The van der Waals surface area contributed by atoms with Crippen molar-refractivity contribution in [3.05, 3.63) is 87.6 Å². The van der Waals surface area contributed by atoms with Crippen LogP contribution in [0.5, 0.6) is 0 Å². The van der Waals surface area contributed by atoms with Gasteiger partial charge in [0.1, 0.15) is 0 Å². The summed E-state index contributed by atoms with van der Waals surface area (Å²) in [4.78, 5) is 25.5. The lowest BCUT2D eigenvalue weighted by atomic mass is 9.94. The number of thioether (sulfide) groups is 1. The predicted molar refractivity (Wildman–Crippen MR) is 144 cm³/mol. The van der Waals surface area contributed by atoms with Crippen molar-refractivity contribution in [1.29, 1.82) is 0 Å². The van der Waals surface area contributed by atoms with Crippen LogP contribution in [0.2, 0.25) is 0 Å². The molecule has 0 unspecified atom stereocenters. The molecule has 2 aliphatic rings. The standard InChI is InChI=1S/C27H24ClN3OS2/c28-21(16-19-10-4-1-5-11-19)17-24-25(32)31(22-14-8-3-9-15-22)27(34-24)30-26-29-23(18-33-26)20-12-6-2-7-13-20/h1-2,4-7,10-13,16-18,22H,3,8-9,14-15H2/b21-16-,24-17-,30-27+. The molecule has 1 aliphatic heterocycles. The van der Waals surface area contributed by atoms with Crippen molar-refractivity contribution in [3.8, 4) is 11.3 Å². The van der Waals surface area contributed by atoms with E-state index in [1.54, 1.807) is 6.08 Å². The number of amides is 1. The zero-order valence-corrected chi connectivity index (χ0v) is 21.0. The van der Waals surface area contributed by atoms with Crippen LogP contribution in [0, 0.1) is 0 Å². The lowest BCUT2D eigenvalue weighted by Crippen LogP contribution is -2.40. The number of thiazole rings is 1. The molecule has 3 aromatic rings. The van der Waals surface area contributed by atoms with E-state index in [4.69, 9.17) is 21.6 Å². The maximum absolute atomic E-state index is 13.5. The second kappa shape index (κ2) is 10.7. The summed E-state index contributed by atoms with van der Waals surface area (Å²) in [5.41, 5.74) is 2.95. The fourth-order valence-corrected chi connectivity index (χ4v) is 6.32. The molecule has 0 atom stereocenters. The van der Waals surface area contributed by atoms with E-state index >= 15 is 0 Å². The highest BCUT2D eigenvalue weighted by molar-refractivity contribution is 8.18. The van der Waals surface area contributed by atoms with Crippen LogP contribution in [0.1, 0.15) is 37.7 Å². The zero-order chi connectivity index (χ0) is 23.3. The normalized spacial score (nSPS) is 20.0. The summed E-state index contributed by atoms with van der Waals surface area (Å²) in [7, 11) is 0. The second-order valence-electron chi connectivity index (χ2n) is 8.29. The topological polar surface area (TPSA) is 45.6 Å². The molecule has 0 radical (unpaired) electrons. The maximum Gasteiger partial charge on any atom is 0.267 e. The molecule has 0 bridgehead atoms. The van der Waals surface area contributed by atoms with Crippen molar-refractivity contribution in [1.82, 2.24) is 9.88 Å². The lowest BCUT2D eigenvalue weighted by Gasteiger charge is -2.30. The molecular formula is C27H24ClN3OS2. The van der Waals surface area contributed by atoms with Gasteiger partial charge in [-0.2, -0.15) is 4.99 Å². The van der Waals surface area contributed by atoms with Crippen LogP contribution < -0.4 is 0 Å². The molecule has 2 aromatic carbocycles. The fourth-order valence-electron chi connectivity index (χ4n) is 4.24. The Bertz CT molecular complexity index is 1250. The first-order valence-corrected chi connectivity index (χ1v) is 13.5. The first-order chi connectivity index (χ1) is 16.7. The molecule has 1 saturated carbocycles. The zero-order valence-electron chi connectivity index (χ0n) is 18.6. The monoisotopic (exact) mass is 505 g/mol. The third kappa shape index (κ3) is 5.35.